The topological polar surface area (TPSA) is 57.7 Å². The quantitative estimate of drug-likeness (QED) is 0.260. The Morgan fingerprint density at radius 2 is 1.43 bits per heavy atom. The molecule has 224 valence electrons. The Kier molecular flexibility index (Phi) is 11.4. The van der Waals surface area contributed by atoms with E-state index >= 15 is 0 Å². The van der Waals surface area contributed by atoms with Gasteiger partial charge in [-0.3, -0.25) is 19.6 Å². The average molecular weight is 569 g/mol. The van der Waals surface area contributed by atoms with Gasteiger partial charge in [0.05, 0.1) is 7.11 Å². The molecule has 0 aliphatic carbocycles. The van der Waals surface area contributed by atoms with E-state index in [0.717, 1.165) is 55.7 Å². The molecule has 2 aromatic carbocycles. The highest BCUT2D eigenvalue weighted by Gasteiger charge is 2.22. The van der Waals surface area contributed by atoms with Gasteiger partial charge >= 0.3 is 0 Å². The van der Waals surface area contributed by atoms with Gasteiger partial charge in [-0.05, 0) is 123 Å². The number of carbonyl (C=O) groups is 1. The summed E-state index contributed by atoms with van der Waals surface area (Å²) < 4.78 is 5.22. The number of rotatable bonds is 13. The fraction of sp³-hybridized carbons (Fsp3) is 0.500. The minimum Gasteiger partial charge on any atom is -0.497 e. The molecule has 42 heavy (non-hydrogen) atoms. The summed E-state index contributed by atoms with van der Waals surface area (Å²) in [5.74, 6) is 2.63. The molecule has 0 unspecified atom stereocenters. The van der Waals surface area contributed by atoms with Crippen molar-refractivity contribution in [2.45, 2.75) is 64.5 Å². The number of pyridine rings is 1. The van der Waals surface area contributed by atoms with E-state index in [9.17, 15) is 4.79 Å². The Bertz CT molecular complexity index is 1220. The number of methoxy groups -OCH3 is 1. The van der Waals surface area contributed by atoms with Crippen molar-refractivity contribution >= 4 is 5.91 Å². The smallest absolute Gasteiger partial charge is 0.251 e. The van der Waals surface area contributed by atoms with Crippen LogP contribution in [0.25, 0.3) is 0 Å². The molecule has 0 atom stereocenters. The van der Waals surface area contributed by atoms with E-state index in [-0.39, 0.29) is 5.91 Å². The van der Waals surface area contributed by atoms with Crippen LogP contribution in [0.5, 0.6) is 5.75 Å². The van der Waals surface area contributed by atoms with E-state index < -0.39 is 0 Å². The summed E-state index contributed by atoms with van der Waals surface area (Å²) in [6, 6.07) is 20.4. The second kappa shape index (κ2) is 15.9. The second-order valence-electron chi connectivity index (χ2n) is 12.3. The highest BCUT2D eigenvalue weighted by atomic mass is 16.5. The molecule has 6 nitrogen and oxygen atoms in total. The summed E-state index contributed by atoms with van der Waals surface area (Å²) >= 11 is 0. The third kappa shape index (κ3) is 9.40. The first kappa shape index (κ1) is 30.2. The summed E-state index contributed by atoms with van der Waals surface area (Å²) in [7, 11) is 1.67. The van der Waals surface area contributed by atoms with Crippen LogP contribution in [-0.2, 0) is 19.5 Å². The number of ether oxygens (including phenoxy) is 1. The van der Waals surface area contributed by atoms with Crippen LogP contribution < -0.4 is 10.1 Å². The predicted octanol–water partition coefficient (Wildman–Crippen LogP) is 6.36. The third-order valence-electron chi connectivity index (χ3n) is 9.25. The van der Waals surface area contributed by atoms with Crippen molar-refractivity contribution in [2.75, 3.05) is 39.8 Å². The molecule has 2 fully saturated rings. The van der Waals surface area contributed by atoms with E-state index in [1.165, 1.54) is 74.7 Å². The lowest BCUT2D eigenvalue weighted by Crippen LogP contribution is -2.34. The molecule has 5 rings (SSSR count). The predicted molar refractivity (Wildman–Crippen MR) is 170 cm³/mol. The molecule has 2 saturated heterocycles. The lowest BCUT2D eigenvalue weighted by atomic mass is 9.86. The standard InChI is InChI=1S/C36H48N4O2/c1-42-35-10-8-31(9-11-35)14-21-38-36(41)34-7-3-6-33(26-34)28-40-24-17-30(18-25-40)5-2-4-29-15-22-39(23-16-29)27-32-12-19-37-20-13-32/h3,6-13,19-20,26,29-30H,2,4-5,14-18,21-25,27-28H2,1H3,(H,38,41). The maximum atomic E-state index is 12.8. The van der Waals surface area contributed by atoms with E-state index in [2.05, 4.69) is 44.4 Å². The number of hydrogen-bond donors (Lipinski definition) is 1. The van der Waals surface area contributed by atoms with Crippen LogP contribution in [0.4, 0.5) is 0 Å². The summed E-state index contributed by atoms with van der Waals surface area (Å²) in [5.41, 5.74) is 4.54. The highest BCUT2D eigenvalue weighted by molar-refractivity contribution is 5.94. The lowest BCUT2D eigenvalue weighted by molar-refractivity contribution is 0.0954. The highest BCUT2D eigenvalue weighted by Crippen LogP contribution is 2.28. The molecule has 6 heteroatoms. The first-order chi connectivity index (χ1) is 20.6. The Morgan fingerprint density at radius 1 is 0.810 bits per heavy atom. The summed E-state index contributed by atoms with van der Waals surface area (Å²) in [4.78, 5) is 22.1. The maximum Gasteiger partial charge on any atom is 0.251 e. The van der Waals surface area contributed by atoms with Gasteiger partial charge in [-0.25, -0.2) is 0 Å². The van der Waals surface area contributed by atoms with Gasteiger partial charge in [-0.2, -0.15) is 0 Å². The van der Waals surface area contributed by atoms with Crippen LogP contribution in [0.15, 0.2) is 73.1 Å². The van der Waals surface area contributed by atoms with Crippen molar-refractivity contribution in [1.82, 2.24) is 20.1 Å². The van der Waals surface area contributed by atoms with Crippen LogP contribution in [-0.4, -0.2) is 60.5 Å². The van der Waals surface area contributed by atoms with Crippen LogP contribution in [0.3, 0.4) is 0 Å². The molecule has 0 spiro atoms. The molecular weight excluding hydrogens is 520 g/mol. The van der Waals surface area contributed by atoms with Gasteiger partial charge in [0.25, 0.3) is 5.91 Å². The van der Waals surface area contributed by atoms with Crippen LogP contribution in [0.2, 0.25) is 0 Å². The normalized spacial score (nSPS) is 17.3. The van der Waals surface area contributed by atoms with Gasteiger partial charge in [-0.1, -0.05) is 43.5 Å². The van der Waals surface area contributed by atoms with Crippen molar-refractivity contribution in [2.24, 2.45) is 11.8 Å². The third-order valence-corrected chi connectivity index (χ3v) is 9.25. The number of nitrogens with one attached hydrogen (secondary N) is 1. The van der Waals surface area contributed by atoms with Crippen LogP contribution in [0, 0.1) is 11.8 Å². The van der Waals surface area contributed by atoms with Crippen molar-refractivity contribution in [3.63, 3.8) is 0 Å². The Hall–Kier alpha value is -3.22. The fourth-order valence-corrected chi connectivity index (χ4v) is 6.59. The maximum absolute atomic E-state index is 12.8. The number of piperidine rings is 2. The van der Waals surface area contributed by atoms with E-state index in [0.29, 0.717) is 6.54 Å². The molecule has 0 saturated carbocycles. The molecule has 1 amide bonds. The van der Waals surface area contributed by atoms with Crippen molar-refractivity contribution < 1.29 is 9.53 Å². The second-order valence-corrected chi connectivity index (χ2v) is 12.3. The number of aromatic nitrogens is 1. The average Bonchev–Trinajstić information content (AvgIpc) is 3.04. The first-order valence-corrected chi connectivity index (χ1v) is 16.0. The van der Waals surface area contributed by atoms with Crippen LogP contribution in [0.1, 0.15) is 72.0 Å². The molecule has 2 aliphatic heterocycles. The van der Waals surface area contributed by atoms with E-state index in [4.69, 9.17) is 4.74 Å². The number of hydrogen-bond acceptors (Lipinski definition) is 5. The van der Waals surface area contributed by atoms with Gasteiger partial charge < -0.3 is 10.1 Å². The van der Waals surface area contributed by atoms with Crippen molar-refractivity contribution in [3.8, 4) is 5.75 Å². The number of benzene rings is 2. The largest absolute Gasteiger partial charge is 0.497 e. The van der Waals surface area contributed by atoms with Gasteiger partial charge in [0.15, 0.2) is 0 Å². The fourth-order valence-electron chi connectivity index (χ4n) is 6.59. The monoisotopic (exact) mass is 568 g/mol. The molecule has 0 bridgehead atoms. The SMILES string of the molecule is COc1ccc(CCNC(=O)c2cccc(CN3CCC(CCCC4CCN(Cc5ccncc5)CC4)CC3)c2)cc1. The Labute approximate surface area is 252 Å². The minimum atomic E-state index is 0.00323. The summed E-state index contributed by atoms with van der Waals surface area (Å²) in [6.07, 6.45) is 14.1. The number of amides is 1. The van der Waals surface area contributed by atoms with Gasteiger partial charge in [0.1, 0.15) is 5.75 Å². The van der Waals surface area contributed by atoms with Gasteiger partial charge in [-0.15, -0.1) is 0 Å². The molecule has 1 aromatic heterocycles. The molecule has 3 heterocycles. The van der Waals surface area contributed by atoms with E-state index in [1.807, 2.05) is 48.8 Å². The summed E-state index contributed by atoms with van der Waals surface area (Å²) in [6.45, 7) is 7.41. The van der Waals surface area contributed by atoms with Gasteiger partial charge in [0.2, 0.25) is 0 Å². The van der Waals surface area contributed by atoms with Crippen LogP contribution >= 0.6 is 0 Å². The number of likely N-dealkylation sites (tertiary alicyclic amines) is 2. The molecule has 2 aliphatic rings. The Balaban J connectivity index is 0.952. The molecular formula is C36H48N4O2. The zero-order chi connectivity index (χ0) is 29.0. The number of carbonyl (C=O) groups excluding carboxylic acids is 1. The number of nitrogens with zero attached hydrogens (tertiary/aromatic N) is 3. The first-order valence-electron chi connectivity index (χ1n) is 16.0. The molecule has 1 N–H and O–H groups in total. The summed E-state index contributed by atoms with van der Waals surface area (Å²) in [5, 5.41) is 3.08. The zero-order valence-electron chi connectivity index (χ0n) is 25.3. The van der Waals surface area contributed by atoms with Gasteiger partial charge in [0, 0.05) is 37.6 Å². The molecule has 3 aromatic rings. The minimum absolute atomic E-state index is 0.00323. The zero-order valence-corrected chi connectivity index (χ0v) is 25.3. The van der Waals surface area contributed by atoms with Crippen molar-refractivity contribution in [1.29, 1.82) is 0 Å². The van der Waals surface area contributed by atoms with E-state index in [1.54, 1.807) is 7.11 Å². The Morgan fingerprint density at radius 3 is 2.05 bits per heavy atom. The molecule has 0 radical (unpaired) electrons. The van der Waals surface area contributed by atoms with Crippen molar-refractivity contribution in [3.05, 3.63) is 95.3 Å². The lowest BCUT2D eigenvalue weighted by Gasteiger charge is -2.33.